The summed E-state index contributed by atoms with van der Waals surface area (Å²) in [6.45, 7) is 0. The number of anilines is 1. The van der Waals surface area contributed by atoms with Gasteiger partial charge < -0.3 is 9.47 Å². The van der Waals surface area contributed by atoms with Gasteiger partial charge in [0, 0.05) is 11.6 Å². The first-order chi connectivity index (χ1) is 12.5. The molecule has 1 aliphatic heterocycles. The average molecular weight is 352 g/mol. The number of methoxy groups -OCH3 is 2. The molecule has 1 saturated heterocycles. The van der Waals surface area contributed by atoms with Crippen LogP contribution in [0.2, 0.25) is 0 Å². The van der Waals surface area contributed by atoms with Gasteiger partial charge in [0.15, 0.2) is 0 Å². The number of hydrogen-bond donors (Lipinski definition) is 1. The number of carbonyl (C=O) groups excluding carboxylic acids is 3. The number of para-hydroxylation sites is 1. The number of imide groups is 2. The van der Waals surface area contributed by atoms with Crippen LogP contribution in [0.4, 0.5) is 10.5 Å². The molecule has 26 heavy (non-hydrogen) atoms. The molecule has 0 aromatic heterocycles. The van der Waals surface area contributed by atoms with Crippen molar-refractivity contribution in [1.82, 2.24) is 5.32 Å². The zero-order chi connectivity index (χ0) is 18.7. The molecule has 2 aromatic carbocycles. The molecule has 1 N–H and O–H groups in total. The Bertz CT molecular complexity index is 920. The largest absolute Gasteiger partial charge is 0.497 e. The molecule has 1 fully saturated rings. The molecule has 0 radical (unpaired) electrons. The van der Waals surface area contributed by atoms with Gasteiger partial charge in [-0.25, -0.2) is 9.69 Å². The summed E-state index contributed by atoms with van der Waals surface area (Å²) in [5.41, 5.74) is 0.677. The fraction of sp³-hybridized carbons (Fsp3) is 0.105. The summed E-state index contributed by atoms with van der Waals surface area (Å²) in [6.07, 6.45) is 1.40. The summed E-state index contributed by atoms with van der Waals surface area (Å²) in [7, 11) is 2.97. The highest BCUT2D eigenvalue weighted by Gasteiger charge is 2.37. The van der Waals surface area contributed by atoms with E-state index in [0.29, 0.717) is 22.7 Å². The molecule has 0 unspecified atom stereocenters. The quantitative estimate of drug-likeness (QED) is 0.674. The van der Waals surface area contributed by atoms with Crippen LogP contribution >= 0.6 is 0 Å². The smallest absolute Gasteiger partial charge is 0.335 e. The van der Waals surface area contributed by atoms with Gasteiger partial charge in [-0.2, -0.15) is 0 Å². The van der Waals surface area contributed by atoms with E-state index >= 15 is 0 Å². The summed E-state index contributed by atoms with van der Waals surface area (Å²) >= 11 is 0. The molecule has 1 heterocycles. The van der Waals surface area contributed by atoms with Crippen LogP contribution in [0.25, 0.3) is 6.08 Å². The maximum atomic E-state index is 12.8. The van der Waals surface area contributed by atoms with Gasteiger partial charge in [0.1, 0.15) is 17.1 Å². The fourth-order valence-electron chi connectivity index (χ4n) is 2.58. The molecule has 4 amide bonds. The van der Waals surface area contributed by atoms with E-state index < -0.39 is 17.8 Å². The van der Waals surface area contributed by atoms with Crippen molar-refractivity contribution < 1.29 is 23.9 Å². The number of amides is 4. The minimum Gasteiger partial charge on any atom is -0.497 e. The molecular formula is C19H16N2O5. The van der Waals surface area contributed by atoms with E-state index in [2.05, 4.69) is 5.32 Å². The summed E-state index contributed by atoms with van der Waals surface area (Å²) in [4.78, 5) is 38.2. The molecule has 3 rings (SSSR count). The Balaban J connectivity index is 2.04. The first-order valence-corrected chi connectivity index (χ1v) is 7.73. The van der Waals surface area contributed by atoms with Gasteiger partial charge in [0.25, 0.3) is 11.8 Å². The fourth-order valence-corrected chi connectivity index (χ4v) is 2.58. The Kier molecular flexibility index (Phi) is 4.70. The lowest BCUT2D eigenvalue weighted by molar-refractivity contribution is -0.122. The minimum atomic E-state index is -0.814. The average Bonchev–Trinajstić information content (AvgIpc) is 2.65. The summed E-state index contributed by atoms with van der Waals surface area (Å²) < 4.78 is 10.4. The van der Waals surface area contributed by atoms with Gasteiger partial charge in [-0.3, -0.25) is 14.9 Å². The molecule has 2 aromatic rings. The Morgan fingerprint density at radius 3 is 2.46 bits per heavy atom. The van der Waals surface area contributed by atoms with E-state index in [4.69, 9.17) is 9.47 Å². The second kappa shape index (κ2) is 7.10. The van der Waals surface area contributed by atoms with Gasteiger partial charge in [-0.15, -0.1) is 0 Å². The first kappa shape index (κ1) is 17.2. The molecule has 1 aliphatic rings. The van der Waals surface area contributed by atoms with Crippen molar-refractivity contribution in [2.45, 2.75) is 0 Å². The van der Waals surface area contributed by atoms with E-state index in [1.54, 1.807) is 42.5 Å². The summed E-state index contributed by atoms with van der Waals surface area (Å²) in [6, 6.07) is 12.6. The monoisotopic (exact) mass is 352 g/mol. The van der Waals surface area contributed by atoms with Crippen molar-refractivity contribution in [3.63, 3.8) is 0 Å². The molecule has 132 valence electrons. The Labute approximate surface area is 149 Å². The Hall–Kier alpha value is -3.61. The molecule has 0 saturated carbocycles. The van der Waals surface area contributed by atoms with E-state index in [1.807, 2.05) is 0 Å². The van der Waals surface area contributed by atoms with Crippen LogP contribution in [0.1, 0.15) is 5.56 Å². The third-order valence-corrected chi connectivity index (χ3v) is 3.85. The topological polar surface area (TPSA) is 84.9 Å². The van der Waals surface area contributed by atoms with Crippen molar-refractivity contribution in [2.24, 2.45) is 0 Å². The van der Waals surface area contributed by atoms with Crippen LogP contribution in [0.15, 0.2) is 54.1 Å². The number of rotatable bonds is 4. The first-order valence-electron chi connectivity index (χ1n) is 7.73. The number of nitrogens with one attached hydrogen (secondary N) is 1. The third-order valence-electron chi connectivity index (χ3n) is 3.85. The van der Waals surface area contributed by atoms with Crippen LogP contribution in [0.5, 0.6) is 11.5 Å². The molecule has 0 aliphatic carbocycles. The van der Waals surface area contributed by atoms with Crippen LogP contribution in [-0.4, -0.2) is 32.1 Å². The third kappa shape index (κ3) is 3.14. The zero-order valence-corrected chi connectivity index (χ0v) is 14.2. The number of hydrogen-bond acceptors (Lipinski definition) is 5. The molecule has 0 bridgehead atoms. The Morgan fingerprint density at radius 2 is 1.73 bits per heavy atom. The highest BCUT2D eigenvalue weighted by Crippen LogP contribution is 2.27. The van der Waals surface area contributed by atoms with Gasteiger partial charge in [0.05, 0.1) is 19.9 Å². The van der Waals surface area contributed by atoms with Crippen molar-refractivity contribution in [3.05, 3.63) is 59.7 Å². The van der Waals surface area contributed by atoms with Gasteiger partial charge in [-0.1, -0.05) is 24.3 Å². The predicted molar refractivity (Wildman–Crippen MR) is 95.0 cm³/mol. The molecule has 0 spiro atoms. The number of ether oxygens (including phenoxy) is 2. The van der Waals surface area contributed by atoms with Crippen molar-refractivity contribution in [1.29, 1.82) is 0 Å². The van der Waals surface area contributed by atoms with E-state index in [0.717, 1.165) is 4.90 Å². The maximum Gasteiger partial charge on any atom is 0.335 e. The van der Waals surface area contributed by atoms with Gasteiger partial charge in [-0.05, 0) is 24.3 Å². The predicted octanol–water partition coefficient (Wildman–Crippen LogP) is 2.37. The van der Waals surface area contributed by atoms with E-state index in [9.17, 15) is 14.4 Å². The summed E-state index contributed by atoms with van der Waals surface area (Å²) in [5.74, 6) is -0.497. The second-order valence-corrected chi connectivity index (χ2v) is 5.40. The van der Waals surface area contributed by atoms with Crippen molar-refractivity contribution in [3.8, 4) is 11.5 Å². The number of carbonyl (C=O) groups is 3. The van der Waals surface area contributed by atoms with E-state index in [-0.39, 0.29) is 5.57 Å². The number of barbiturate groups is 1. The highest BCUT2D eigenvalue weighted by molar-refractivity contribution is 6.39. The standard InChI is InChI=1S/C19H16N2O5/c1-25-14-8-5-7-13(11-14)21-18(23)15(17(22)20-19(21)24)10-12-6-3-4-9-16(12)26-2/h3-11H,1-2H3,(H,20,22,24). The van der Waals surface area contributed by atoms with Crippen molar-refractivity contribution >= 4 is 29.6 Å². The Morgan fingerprint density at radius 1 is 0.962 bits per heavy atom. The van der Waals surface area contributed by atoms with E-state index in [1.165, 1.54) is 26.4 Å². The zero-order valence-electron chi connectivity index (χ0n) is 14.2. The molecule has 0 atom stereocenters. The lowest BCUT2D eigenvalue weighted by Gasteiger charge is -2.26. The highest BCUT2D eigenvalue weighted by atomic mass is 16.5. The number of urea groups is 1. The van der Waals surface area contributed by atoms with Crippen LogP contribution < -0.4 is 19.7 Å². The van der Waals surface area contributed by atoms with Crippen LogP contribution in [-0.2, 0) is 9.59 Å². The lowest BCUT2D eigenvalue weighted by atomic mass is 10.1. The van der Waals surface area contributed by atoms with Gasteiger partial charge >= 0.3 is 6.03 Å². The lowest BCUT2D eigenvalue weighted by Crippen LogP contribution is -2.54. The number of nitrogens with zero attached hydrogens (tertiary/aromatic N) is 1. The van der Waals surface area contributed by atoms with Crippen LogP contribution in [0.3, 0.4) is 0 Å². The maximum absolute atomic E-state index is 12.8. The normalized spacial score (nSPS) is 15.8. The molecule has 7 heteroatoms. The van der Waals surface area contributed by atoms with Crippen LogP contribution in [0, 0.1) is 0 Å². The van der Waals surface area contributed by atoms with Gasteiger partial charge in [0.2, 0.25) is 0 Å². The van der Waals surface area contributed by atoms with Crippen molar-refractivity contribution in [2.75, 3.05) is 19.1 Å². The molecule has 7 nitrogen and oxygen atoms in total. The second-order valence-electron chi connectivity index (χ2n) is 5.40. The number of benzene rings is 2. The SMILES string of the molecule is COc1cccc(N2C(=O)NC(=O)C(=Cc3ccccc3OC)C2=O)c1. The minimum absolute atomic E-state index is 0.170. The molecular weight excluding hydrogens is 336 g/mol. The summed E-state index contributed by atoms with van der Waals surface area (Å²) in [5, 5.41) is 2.18.